The lowest BCUT2D eigenvalue weighted by molar-refractivity contribution is -0.137. The van der Waals surface area contributed by atoms with E-state index >= 15 is 0 Å². The van der Waals surface area contributed by atoms with E-state index in [2.05, 4.69) is 0 Å². The topological polar surface area (TPSA) is 29.5 Å². The standard InChI is InChI=1S/C19H20F3NO2/c1-23(2)10-3-11-25-18-12-14(13-24)4-9-17(18)15-5-7-16(8-6-15)19(20,21)22/h4-9,12-13H,3,10-11H2,1-2H3. The van der Waals surface area contributed by atoms with Crippen molar-refractivity contribution in [3.05, 3.63) is 53.6 Å². The molecule has 0 radical (unpaired) electrons. The van der Waals surface area contributed by atoms with Gasteiger partial charge in [-0.15, -0.1) is 0 Å². The summed E-state index contributed by atoms with van der Waals surface area (Å²) in [7, 11) is 3.92. The summed E-state index contributed by atoms with van der Waals surface area (Å²) in [6.07, 6.45) is -2.86. The largest absolute Gasteiger partial charge is 0.493 e. The van der Waals surface area contributed by atoms with Gasteiger partial charge in [0.15, 0.2) is 0 Å². The van der Waals surface area contributed by atoms with Gasteiger partial charge in [0.2, 0.25) is 0 Å². The Morgan fingerprint density at radius 3 is 2.32 bits per heavy atom. The van der Waals surface area contributed by atoms with Crippen molar-refractivity contribution < 1.29 is 22.7 Å². The highest BCUT2D eigenvalue weighted by Gasteiger charge is 2.30. The van der Waals surface area contributed by atoms with Crippen LogP contribution < -0.4 is 4.74 Å². The van der Waals surface area contributed by atoms with Gasteiger partial charge >= 0.3 is 6.18 Å². The molecule has 2 aromatic rings. The predicted molar refractivity (Wildman–Crippen MR) is 90.9 cm³/mol. The molecule has 0 aromatic heterocycles. The Balaban J connectivity index is 2.25. The molecule has 0 aliphatic carbocycles. The molecule has 0 saturated carbocycles. The summed E-state index contributed by atoms with van der Waals surface area (Å²) in [5.74, 6) is 0.489. The third kappa shape index (κ3) is 5.32. The molecule has 134 valence electrons. The summed E-state index contributed by atoms with van der Waals surface area (Å²) in [6, 6.07) is 9.81. The molecule has 0 aliphatic rings. The first-order chi connectivity index (χ1) is 11.8. The fourth-order valence-corrected chi connectivity index (χ4v) is 2.37. The van der Waals surface area contributed by atoms with Crippen molar-refractivity contribution in [2.45, 2.75) is 12.6 Å². The van der Waals surface area contributed by atoms with Gasteiger partial charge in [-0.05, 0) is 50.3 Å². The molecule has 0 atom stereocenters. The van der Waals surface area contributed by atoms with Crippen LogP contribution in [0.25, 0.3) is 11.1 Å². The van der Waals surface area contributed by atoms with Crippen molar-refractivity contribution in [1.29, 1.82) is 0 Å². The zero-order chi connectivity index (χ0) is 18.4. The summed E-state index contributed by atoms with van der Waals surface area (Å²) in [5.41, 5.74) is 1.02. The summed E-state index contributed by atoms with van der Waals surface area (Å²) < 4.78 is 43.9. The zero-order valence-electron chi connectivity index (χ0n) is 14.1. The van der Waals surface area contributed by atoms with Gasteiger partial charge in [0, 0.05) is 17.7 Å². The summed E-state index contributed by atoms with van der Waals surface area (Å²) in [6.45, 7) is 1.30. The second kappa shape index (κ2) is 8.16. The second-order valence-corrected chi connectivity index (χ2v) is 5.95. The molecule has 0 unspecified atom stereocenters. The SMILES string of the molecule is CN(C)CCCOc1cc(C=O)ccc1-c1ccc(C(F)(F)F)cc1. The summed E-state index contributed by atoms with van der Waals surface area (Å²) in [4.78, 5) is 13.0. The molecule has 6 heteroatoms. The second-order valence-electron chi connectivity index (χ2n) is 5.95. The lowest BCUT2D eigenvalue weighted by Gasteiger charge is -2.14. The Labute approximate surface area is 145 Å². The van der Waals surface area contributed by atoms with E-state index in [1.54, 1.807) is 18.2 Å². The molecule has 0 bridgehead atoms. The number of hydrogen-bond donors (Lipinski definition) is 0. The maximum Gasteiger partial charge on any atom is 0.416 e. The van der Waals surface area contributed by atoms with E-state index in [4.69, 9.17) is 4.74 Å². The van der Waals surface area contributed by atoms with Crippen molar-refractivity contribution in [1.82, 2.24) is 4.90 Å². The Kier molecular flexibility index (Phi) is 6.20. The number of nitrogens with zero attached hydrogens (tertiary/aromatic N) is 1. The molecule has 0 amide bonds. The minimum Gasteiger partial charge on any atom is -0.493 e. The van der Waals surface area contributed by atoms with E-state index in [1.807, 2.05) is 19.0 Å². The van der Waals surface area contributed by atoms with E-state index < -0.39 is 11.7 Å². The number of hydrogen-bond acceptors (Lipinski definition) is 3. The third-order valence-electron chi connectivity index (χ3n) is 3.67. The van der Waals surface area contributed by atoms with Gasteiger partial charge in [-0.25, -0.2) is 0 Å². The molecule has 0 spiro atoms. The minimum atomic E-state index is -4.37. The van der Waals surface area contributed by atoms with Gasteiger partial charge in [-0.3, -0.25) is 4.79 Å². The highest BCUT2D eigenvalue weighted by Crippen LogP contribution is 2.34. The van der Waals surface area contributed by atoms with Crippen LogP contribution in [0.1, 0.15) is 22.3 Å². The van der Waals surface area contributed by atoms with E-state index in [-0.39, 0.29) is 0 Å². The maximum absolute atomic E-state index is 12.7. The lowest BCUT2D eigenvalue weighted by atomic mass is 10.0. The van der Waals surface area contributed by atoms with Crippen LogP contribution in [0.3, 0.4) is 0 Å². The van der Waals surface area contributed by atoms with Crippen molar-refractivity contribution >= 4 is 6.29 Å². The van der Waals surface area contributed by atoms with Crippen LogP contribution in [0.5, 0.6) is 5.75 Å². The Hall–Kier alpha value is -2.34. The van der Waals surface area contributed by atoms with Crippen molar-refractivity contribution in [2.24, 2.45) is 0 Å². The van der Waals surface area contributed by atoms with Crippen LogP contribution in [0.4, 0.5) is 13.2 Å². The van der Waals surface area contributed by atoms with E-state index in [1.165, 1.54) is 12.1 Å². The van der Waals surface area contributed by atoms with Crippen LogP contribution in [0, 0.1) is 0 Å². The van der Waals surface area contributed by atoms with Gasteiger partial charge in [-0.2, -0.15) is 13.2 Å². The normalized spacial score (nSPS) is 11.6. The molecular formula is C19H20F3NO2. The van der Waals surface area contributed by atoms with Crippen molar-refractivity contribution in [3.8, 4) is 16.9 Å². The number of aldehydes is 1. The van der Waals surface area contributed by atoms with E-state index in [9.17, 15) is 18.0 Å². The Morgan fingerprint density at radius 1 is 1.08 bits per heavy atom. The van der Waals surface area contributed by atoms with Gasteiger partial charge in [0.05, 0.1) is 12.2 Å². The minimum absolute atomic E-state index is 0.453. The highest BCUT2D eigenvalue weighted by molar-refractivity contribution is 5.80. The smallest absolute Gasteiger partial charge is 0.416 e. The van der Waals surface area contributed by atoms with Crippen molar-refractivity contribution in [2.75, 3.05) is 27.2 Å². The third-order valence-corrected chi connectivity index (χ3v) is 3.67. The number of benzene rings is 2. The number of halogens is 3. The van der Waals surface area contributed by atoms with Gasteiger partial charge in [0.25, 0.3) is 0 Å². The fourth-order valence-electron chi connectivity index (χ4n) is 2.37. The number of ether oxygens (including phenoxy) is 1. The highest BCUT2D eigenvalue weighted by atomic mass is 19.4. The van der Waals surface area contributed by atoms with Gasteiger partial charge in [0.1, 0.15) is 12.0 Å². The lowest BCUT2D eigenvalue weighted by Crippen LogP contribution is -2.15. The molecule has 0 N–H and O–H groups in total. The van der Waals surface area contributed by atoms with Crippen LogP contribution in [0.2, 0.25) is 0 Å². The van der Waals surface area contributed by atoms with Crippen LogP contribution in [0.15, 0.2) is 42.5 Å². The van der Waals surface area contributed by atoms with Crippen LogP contribution in [-0.4, -0.2) is 38.4 Å². The molecule has 0 aliphatic heterocycles. The fraction of sp³-hybridized carbons (Fsp3) is 0.316. The molecule has 0 heterocycles. The molecule has 25 heavy (non-hydrogen) atoms. The molecule has 2 aromatic carbocycles. The maximum atomic E-state index is 12.7. The first-order valence-corrected chi connectivity index (χ1v) is 7.85. The average Bonchev–Trinajstić information content (AvgIpc) is 2.57. The average molecular weight is 351 g/mol. The molecule has 3 nitrogen and oxygen atoms in total. The summed E-state index contributed by atoms with van der Waals surface area (Å²) >= 11 is 0. The monoisotopic (exact) mass is 351 g/mol. The number of carbonyl (C=O) groups excluding carboxylic acids is 1. The van der Waals surface area contributed by atoms with Gasteiger partial charge < -0.3 is 9.64 Å². The van der Waals surface area contributed by atoms with E-state index in [0.717, 1.165) is 25.1 Å². The van der Waals surface area contributed by atoms with E-state index in [0.29, 0.717) is 35.3 Å². The number of rotatable bonds is 7. The quantitative estimate of drug-likeness (QED) is 0.543. The van der Waals surface area contributed by atoms with Crippen LogP contribution in [-0.2, 0) is 6.18 Å². The molecule has 2 rings (SSSR count). The predicted octanol–water partition coefficient (Wildman–Crippen LogP) is 4.52. The van der Waals surface area contributed by atoms with Crippen molar-refractivity contribution in [3.63, 3.8) is 0 Å². The molecule has 0 fully saturated rings. The van der Waals surface area contributed by atoms with Gasteiger partial charge in [-0.1, -0.05) is 18.2 Å². The first-order valence-electron chi connectivity index (χ1n) is 7.85. The molecule has 0 saturated heterocycles. The summed E-state index contributed by atoms with van der Waals surface area (Å²) in [5, 5.41) is 0. The first kappa shape index (κ1) is 19.0. The van der Waals surface area contributed by atoms with Crippen LogP contribution >= 0.6 is 0 Å². The molecular weight excluding hydrogens is 331 g/mol. The Bertz CT molecular complexity index is 710. The zero-order valence-corrected chi connectivity index (χ0v) is 14.1. The Morgan fingerprint density at radius 2 is 1.76 bits per heavy atom. The number of carbonyl (C=O) groups is 1. The number of alkyl halides is 3.